The van der Waals surface area contributed by atoms with E-state index in [2.05, 4.69) is 15.5 Å². The molecule has 8 nitrogen and oxygen atoms in total. The number of thioether (sulfide) groups is 1. The molecule has 25 heavy (non-hydrogen) atoms. The molecule has 1 saturated heterocycles. The lowest BCUT2D eigenvalue weighted by Crippen LogP contribution is -2.44. The Hall–Kier alpha value is -2.42. The second kappa shape index (κ2) is 7.64. The number of hydrogen-bond donors (Lipinski definition) is 1. The van der Waals surface area contributed by atoms with E-state index in [-0.39, 0.29) is 23.5 Å². The highest BCUT2D eigenvalue weighted by atomic mass is 32.2. The zero-order valence-electron chi connectivity index (χ0n) is 14.0. The number of hydrogen-bond acceptors (Lipinski definition) is 6. The molecule has 0 spiro atoms. The molecular weight excluding hydrogens is 340 g/mol. The van der Waals surface area contributed by atoms with Gasteiger partial charge in [0.15, 0.2) is 0 Å². The summed E-state index contributed by atoms with van der Waals surface area (Å²) in [7, 11) is 0. The first-order chi connectivity index (χ1) is 12.0. The highest BCUT2D eigenvalue weighted by molar-refractivity contribution is 7.99. The van der Waals surface area contributed by atoms with E-state index in [0.29, 0.717) is 18.2 Å². The number of benzene rings is 1. The van der Waals surface area contributed by atoms with Crippen LogP contribution in [0.25, 0.3) is 5.69 Å². The highest BCUT2D eigenvalue weighted by Crippen LogP contribution is 2.21. The van der Waals surface area contributed by atoms with E-state index >= 15 is 0 Å². The molecule has 1 aliphatic rings. The van der Waals surface area contributed by atoms with Crippen LogP contribution in [0.1, 0.15) is 18.4 Å². The molecule has 1 atom stereocenters. The van der Waals surface area contributed by atoms with Gasteiger partial charge in [0.25, 0.3) is 0 Å². The van der Waals surface area contributed by atoms with Gasteiger partial charge in [0.05, 0.1) is 17.4 Å². The van der Waals surface area contributed by atoms with Crippen molar-refractivity contribution in [1.29, 1.82) is 0 Å². The lowest BCUT2D eigenvalue weighted by Gasteiger charge is -2.31. The van der Waals surface area contributed by atoms with E-state index in [4.69, 9.17) is 5.73 Å². The molecule has 0 saturated carbocycles. The summed E-state index contributed by atoms with van der Waals surface area (Å²) in [6.07, 6.45) is 1.54. The highest BCUT2D eigenvalue weighted by Gasteiger charge is 2.27. The number of piperidine rings is 1. The van der Waals surface area contributed by atoms with Gasteiger partial charge in [-0.3, -0.25) is 9.59 Å². The van der Waals surface area contributed by atoms with Crippen molar-refractivity contribution in [3.63, 3.8) is 0 Å². The second-order valence-electron chi connectivity index (χ2n) is 6.08. The Labute approximate surface area is 149 Å². The summed E-state index contributed by atoms with van der Waals surface area (Å²) in [5, 5.41) is 12.2. The number of primary amides is 1. The summed E-state index contributed by atoms with van der Waals surface area (Å²) in [5.41, 5.74) is 7.36. The normalized spacial score (nSPS) is 17.5. The smallest absolute Gasteiger partial charge is 0.233 e. The maximum Gasteiger partial charge on any atom is 0.233 e. The zero-order chi connectivity index (χ0) is 17.8. The molecule has 1 aliphatic heterocycles. The number of nitrogens with two attached hydrogens (primary N) is 1. The second-order valence-corrected chi connectivity index (χ2v) is 7.02. The molecule has 0 bridgehead atoms. The van der Waals surface area contributed by atoms with Gasteiger partial charge in [0.1, 0.15) is 0 Å². The van der Waals surface area contributed by atoms with Gasteiger partial charge in [-0.25, -0.2) is 0 Å². The van der Waals surface area contributed by atoms with Crippen LogP contribution in [0.4, 0.5) is 0 Å². The maximum absolute atomic E-state index is 12.4. The van der Waals surface area contributed by atoms with Crippen LogP contribution in [0, 0.1) is 12.8 Å². The minimum absolute atomic E-state index is 0.0330. The largest absolute Gasteiger partial charge is 0.369 e. The third kappa shape index (κ3) is 4.16. The summed E-state index contributed by atoms with van der Waals surface area (Å²) < 4.78 is 1.61. The zero-order valence-corrected chi connectivity index (χ0v) is 14.8. The molecule has 9 heteroatoms. The number of carbonyl (C=O) groups is 2. The summed E-state index contributed by atoms with van der Waals surface area (Å²) in [4.78, 5) is 25.5. The van der Waals surface area contributed by atoms with Crippen molar-refractivity contribution in [2.24, 2.45) is 11.7 Å². The van der Waals surface area contributed by atoms with Crippen molar-refractivity contribution in [2.75, 3.05) is 18.8 Å². The Balaban J connectivity index is 1.62. The molecule has 2 N–H and O–H groups in total. The van der Waals surface area contributed by atoms with Gasteiger partial charge in [-0.15, -0.1) is 5.10 Å². The van der Waals surface area contributed by atoms with Crippen molar-refractivity contribution >= 4 is 23.6 Å². The Kier molecular flexibility index (Phi) is 5.32. The molecule has 1 fully saturated rings. The summed E-state index contributed by atoms with van der Waals surface area (Å²) in [6, 6.07) is 7.82. The standard InChI is InChI=1S/C16H20N6O2S/c1-11-4-6-13(7-5-11)22-16(18-19-20-22)25-10-14(23)21-8-2-3-12(9-21)15(17)24/h4-7,12H,2-3,8-10H2,1H3,(H2,17,24)/t12-/m0/s1. The van der Waals surface area contributed by atoms with Gasteiger partial charge in [0, 0.05) is 13.1 Å². The Morgan fingerprint density at radius 2 is 2.08 bits per heavy atom. The van der Waals surface area contributed by atoms with E-state index in [9.17, 15) is 9.59 Å². The predicted octanol–water partition coefficient (Wildman–Crippen LogP) is 0.787. The average molecular weight is 360 g/mol. The van der Waals surface area contributed by atoms with Gasteiger partial charge < -0.3 is 10.6 Å². The Morgan fingerprint density at radius 3 is 2.80 bits per heavy atom. The quantitative estimate of drug-likeness (QED) is 0.790. The topological polar surface area (TPSA) is 107 Å². The fourth-order valence-corrected chi connectivity index (χ4v) is 3.56. The van der Waals surface area contributed by atoms with Crippen LogP contribution < -0.4 is 5.73 Å². The molecule has 3 rings (SSSR count). The van der Waals surface area contributed by atoms with E-state index < -0.39 is 0 Å². The van der Waals surface area contributed by atoms with Crippen LogP contribution in [-0.2, 0) is 9.59 Å². The molecule has 2 amide bonds. The number of likely N-dealkylation sites (tertiary alicyclic amines) is 1. The monoisotopic (exact) mass is 360 g/mol. The third-order valence-corrected chi connectivity index (χ3v) is 5.12. The molecule has 1 aromatic carbocycles. The third-order valence-electron chi connectivity index (χ3n) is 4.22. The molecule has 2 heterocycles. The van der Waals surface area contributed by atoms with E-state index in [0.717, 1.165) is 24.1 Å². The van der Waals surface area contributed by atoms with Gasteiger partial charge in [-0.05, 0) is 42.3 Å². The first-order valence-electron chi connectivity index (χ1n) is 8.10. The first-order valence-corrected chi connectivity index (χ1v) is 9.08. The fraction of sp³-hybridized carbons (Fsp3) is 0.438. The lowest BCUT2D eigenvalue weighted by molar-refractivity contribution is -0.132. The van der Waals surface area contributed by atoms with Crippen molar-refractivity contribution in [3.05, 3.63) is 29.8 Å². The summed E-state index contributed by atoms with van der Waals surface area (Å²) in [5.74, 6) is -0.402. The number of carbonyl (C=O) groups excluding carboxylic acids is 2. The van der Waals surface area contributed by atoms with Gasteiger partial charge in [0.2, 0.25) is 17.0 Å². The number of amides is 2. The fourth-order valence-electron chi connectivity index (χ4n) is 2.77. The summed E-state index contributed by atoms with van der Waals surface area (Å²) >= 11 is 1.28. The van der Waals surface area contributed by atoms with Crippen molar-refractivity contribution < 1.29 is 9.59 Å². The number of nitrogens with zero attached hydrogens (tertiary/aromatic N) is 5. The number of aromatic nitrogens is 4. The molecular formula is C16H20N6O2S. The van der Waals surface area contributed by atoms with Crippen LogP contribution in [0.5, 0.6) is 0 Å². The van der Waals surface area contributed by atoms with Crippen LogP contribution in [0.3, 0.4) is 0 Å². The first kappa shape index (κ1) is 17.4. The van der Waals surface area contributed by atoms with Crippen molar-refractivity contribution in [2.45, 2.75) is 24.9 Å². The van der Waals surface area contributed by atoms with Gasteiger partial charge >= 0.3 is 0 Å². The Bertz CT molecular complexity index is 760. The van der Waals surface area contributed by atoms with E-state index in [1.54, 1.807) is 9.58 Å². The SMILES string of the molecule is Cc1ccc(-n2nnnc2SCC(=O)N2CCC[C@H](C(N)=O)C2)cc1. The van der Waals surface area contributed by atoms with Crippen LogP contribution >= 0.6 is 11.8 Å². The summed E-state index contributed by atoms with van der Waals surface area (Å²) in [6.45, 7) is 3.07. The molecule has 0 radical (unpaired) electrons. The lowest BCUT2D eigenvalue weighted by atomic mass is 9.97. The van der Waals surface area contributed by atoms with Crippen molar-refractivity contribution in [3.8, 4) is 5.69 Å². The maximum atomic E-state index is 12.4. The van der Waals surface area contributed by atoms with E-state index in [1.807, 2.05) is 31.2 Å². The van der Waals surface area contributed by atoms with Gasteiger partial charge in [-0.1, -0.05) is 29.5 Å². The molecule has 132 valence electrons. The minimum atomic E-state index is -0.339. The molecule has 0 aliphatic carbocycles. The number of aryl methyl sites for hydroxylation is 1. The molecule has 2 aromatic rings. The van der Waals surface area contributed by atoms with Crippen LogP contribution in [-0.4, -0.2) is 55.8 Å². The van der Waals surface area contributed by atoms with E-state index in [1.165, 1.54) is 11.8 Å². The van der Waals surface area contributed by atoms with Gasteiger partial charge in [-0.2, -0.15) is 4.68 Å². The average Bonchev–Trinajstić information content (AvgIpc) is 3.09. The number of rotatable bonds is 5. The molecule has 1 aromatic heterocycles. The van der Waals surface area contributed by atoms with Crippen molar-refractivity contribution in [1.82, 2.24) is 25.1 Å². The predicted molar refractivity (Wildman–Crippen MR) is 93.1 cm³/mol. The minimum Gasteiger partial charge on any atom is -0.369 e. The molecule has 0 unspecified atom stereocenters. The Morgan fingerprint density at radius 1 is 1.32 bits per heavy atom. The van der Waals surface area contributed by atoms with Crippen LogP contribution in [0.2, 0.25) is 0 Å². The van der Waals surface area contributed by atoms with Crippen LogP contribution in [0.15, 0.2) is 29.4 Å². The number of tetrazole rings is 1.